The monoisotopic (exact) mass is 305 g/mol. The molecular weight excluding hydrogens is 284 g/mol. The Hall–Kier alpha value is -0.470. The lowest BCUT2D eigenvalue weighted by molar-refractivity contribution is 0.442. The van der Waals surface area contributed by atoms with E-state index in [9.17, 15) is 4.39 Å². The van der Waals surface area contributed by atoms with Crippen molar-refractivity contribution in [3.8, 4) is 0 Å². The lowest BCUT2D eigenvalue weighted by Crippen LogP contribution is -2.23. The van der Waals surface area contributed by atoms with Gasteiger partial charge >= 0.3 is 0 Å². The van der Waals surface area contributed by atoms with Crippen LogP contribution >= 0.6 is 23.2 Å². The molecule has 0 saturated heterocycles. The molecule has 19 heavy (non-hydrogen) atoms. The zero-order valence-corrected chi connectivity index (χ0v) is 13.4. The molecule has 0 aliphatic heterocycles. The Morgan fingerprint density at radius 2 is 1.42 bits per heavy atom. The SMILES string of the molecule is CC(C)CC(CC(C)C)Nc1cc(Cl)c(F)c(Cl)c1. The van der Waals surface area contributed by atoms with E-state index in [1.807, 2.05) is 0 Å². The lowest BCUT2D eigenvalue weighted by Gasteiger charge is -2.24. The van der Waals surface area contributed by atoms with Crippen LogP contribution in [0.5, 0.6) is 0 Å². The van der Waals surface area contributed by atoms with Gasteiger partial charge in [-0.25, -0.2) is 4.39 Å². The van der Waals surface area contributed by atoms with E-state index in [2.05, 4.69) is 33.0 Å². The van der Waals surface area contributed by atoms with Gasteiger partial charge in [0.15, 0.2) is 5.82 Å². The van der Waals surface area contributed by atoms with Crippen LogP contribution in [0.15, 0.2) is 12.1 Å². The fourth-order valence-electron chi connectivity index (χ4n) is 2.23. The third-order valence-corrected chi connectivity index (χ3v) is 3.42. The third kappa shape index (κ3) is 5.58. The summed E-state index contributed by atoms with van der Waals surface area (Å²) in [4.78, 5) is 0. The van der Waals surface area contributed by atoms with E-state index in [1.54, 1.807) is 12.1 Å². The molecule has 0 amide bonds. The van der Waals surface area contributed by atoms with Gasteiger partial charge in [0, 0.05) is 11.7 Å². The van der Waals surface area contributed by atoms with Crippen LogP contribution in [0.2, 0.25) is 10.0 Å². The molecule has 4 heteroatoms. The summed E-state index contributed by atoms with van der Waals surface area (Å²) in [5.74, 6) is 0.642. The highest BCUT2D eigenvalue weighted by Crippen LogP contribution is 2.29. The fourth-order valence-corrected chi connectivity index (χ4v) is 2.71. The Morgan fingerprint density at radius 3 is 1.79 bits per heavy atom. The molecule has 1 rings (SSSR count). The first-order valence-corrected chi connectivity index (χ1v) is 7.46. The zero-order valence-electron chi connectivity index (χ0n) is 11.9. The van der Waals surface area contributed by atoms with Crippen LogP contribution in [-0.4, -0.2) is 6.04 Å². The van der Waals surface area contributed by atoms with Crippen LogP contribution in [0.4, 0.5) is 10.1 Å². The van der Waals surface area contributed by atoms with Gasteiger partial charge in [-0.1, -0.05) is 50.9 Å². The molecule has 1 aromatic rings. The van der Waals surface area contributed by atoms with E-state index in [0.717, 1.165) is 18.5 Å². The topological polar surface area (TPSA) is 12.0 Å². The van der Waals surface area contributed by atoms with Crippen LogP contribution in [0.25, 0.3) is 0 Å². The quantitative estimate of drug-likeness (QED) is 0.635. The largest absolute Gasteiger partial charge is 0.382 e. The molecule has 0 aliphatic carbocycles. The molecule has 0 radical (unpaired) electrons. The molecule has 0 unspecified atom stereocenters. The van der Waals surface area contributed by atoms with Gasteiger partial charge in [0.05, 0.1) is 10.0 Å². The highest BCUT2D eigenvalue weighted by molar-refractivity contribution is 6.35. The summed E-state index contributed by atoms with van der Waals surface area (Å²) in [5.41, 5.74) is 0.780. The minimum Gasteiger partial charge on any atom is -0.382 e. The van der Waals surface area contributed by atoms with E-state index < -0.39 is 5.82 Å². The fraction of sp³-hybridized carbons (Fsp3) is 0.600. The van der Waals surface area contributed by atoms with Crippen LogP contribution in [0, 0.1) is 17.7 Å². The first kappa shape index (κ1) is 16.6. The summed E-state index contributed by atoms with van der Waals surface area (Å²) in [6.07, 6.45) is 2.12. The molecule has 0 aliphatic rings. The summed E-state index contributed by atoms with van der Waals surface area (Å²) < 4.78 is 13.4. The van der Waals surface area contributed by atoms with Crippen molar-refractivity contribution >= 4 is 28.9 Å². The van der Waals surface area contributed by atoms with Crippen LogP contribution in [0.3, 0.4) is 0 Å². The van der Waals surface area contributed by atoms with Crippen LogP contribution in [-0.2, 0) is 0 Å². The van der Waals surface area contributed by atoms with Gasteiger partial charge in [0.2, 0.25) is 0 Å². The summed E-state index contributed by atoms with van der Waals surface area (Å²) >= 11 is 11.6. The molecule has 0 saturated carbocycles. The maximum absolute atomic E-state index is 13.4. The summed E-state index contributed by atoms with van der Waals surface area (Å²) in [7, 11) is 0. The van der Waals surface area contributed by atoms with E-state index in [-0.39, 0.29) is 10.0 Å². The molecule has 0 bridgehead atoms. The Balaban J connectivity index is 2.83. The predicted molar refractivity (Wildman–Crippen MR) is 82.7 cm³/mol. The van der Waals surface area contributed by atoms with Crippen molar-refractivity contribution in [2.45, 2.75) is 46.6 Å². The molecule has 0 heterocycles. The van der Waals surface area contributed by atoms with Gasteiger partial charge in [-0.15, -0.1) is 0 Å². The number of rotatable bonds is 6. The van der Waals surface area contributed by atoms with E-state index in [1.165, 1.54) is 0 Å². The normalized spacial score (nSPS) is 11.7. The second kappa shape index (κ2) is 7.35. The van der Waals surface area contributed by atoms with Crippen molar-refractivity contribution < 1.29 is 4.39 Å². The molecule has 1 nitrogen and oxygen atoms in total. The molecule has 1 N–H and O–H groups in total. The number of halogens is 3. The van der Waals surface area contributed by atoms with Crippen molar-refractivity contribution in [1.29, 1.82) is 0 Å². The Morgan fingerprint density at radius 1 is 1.00 bits per heavy atom. The van der Waals surface area contributed by atoms with Gasteiger partial charge in [-0.2, -0.15) is 0 Å². The standard InChI is InChI=1S/C15H22Cl2FN/c1-9(2)5-11(6-10(3)4)19-12-7-13(16)15(18)14(17)8-12/h7-11,19H,5-6H2,1-4H3. The van der Waals surface area contributed by atoms with Crippen molar-refractivity contribution in [2.75, 3.05) is 5.32 Å². The number of hydrogen-bond acceptors (Lipinski definition) is 1. The second-order valence-corrected chi connectivity index (χ2v) is 6.67. The third-order valence-electron chi connectivity index (χ3n) is 2.87. The van der Waals surface area contributed by atoms with Crippen LogP contribution in [0.1, 0.15) is 40.5 Å². The molecule has 108 valence electrons. The first-order chi connectivity index (χ1) is 8.79. The molecule has 0 aromatic heterocycles. The van der Waals surface area contributed by atoms with Gasteiger partial charge < -0.3 is 5.32 Å². The molecule has 1 aromatic carbocycles. The summed E-state index contributed by atoms with van der Waals surface area (Å²) in [6.45, 7) is 8.78. The number of nitrogens with one attached hydrogen (secondary N) is 1. The number of hydrogen-bond donors (Lipinski definition) is 1. The van der Waals surface area contributed by atoms with Crippen molar-refractivity contribution in [1.82, 2.24) is 0 Å². The minimum absolute atomic E-state index is 0.0582. The Labute approximate surface area is 125 Å². The molecule has 0 spiro atoms. The maximum atomic E-state index is 13.4. The van der Waals surface area contributed by atoms with Crippen molar-refractivity contribution in [3.63, 3.8) is 0 Å². The maximum Gasteiger partial charge on any atom is 0.160 e. The summed E-state index contributed by atoms with van der Waals surface area (Å²) in [6, 6.07) is 3.53. The minimum atomic E-state index is -0.557. The Kier molecular flexibility index (Phi) is 6.41. The Bertz CT molecular complexity index is 386. The molecule has 0 fully saturated rings. The van der Waals surface area contributed by atoms with E-state index in [0.29, 0.717) is 17.9 Å². The highest BCUT2D eigenvalue weighted by atomic mass is 35.5. The first-order valence-electron chi connectivity index (χ1n) is 6.70. The van der Waals surface area contributed by atoms with E-state index in [4.69, 9.17) is 23.2 Å². The van der Waals surface area contributed by atoms with Crippen molar-refractivity contribution in [2.24, 2.45) is 11.8 Å². The lowest BCUT2D eigenvalue weighted by atomic mass is 9.95. The highest BCUT2D eigenvalue weighted by Gasteiger charge is 2.14. The smallest absolute Gasteiger partial charge is 0.160 e. The summed E-state index contributed by atoms with van der Waals surface area (Å²) in [5, 5.41) is 3.53. The average Bonchev–Trinajstić information content (AvgIpc) is 2.23. The van der Waals surface area contributed by atoms with Gasteiger partial charge in [0.1, 0.15) is 0 Å². The molecule has 0 atom stereocenters. The van der Waals surface area contributed by atoms with Crippen LogP contribution < -0.4 is 5.32 Å². The van der Waals surface area contributed by atoms with Gasteiger partial charge in [-0.05, 0) is 36.8 Å². The second-order valence-electron chi connectivity index (χ2n) is 5.85. The van der Waals surface area contributed by atoms with Gasteiger partial charge in [0.25, 0.3) is 0 Å². The van der Waals surface area contributed by atoms with Crippen molar-refractivity contribution in [3.05, 3.63) is 28.0 Å². The number of anilines is 1. The number of benzene rings is 1. The average molecular weight is 306 g/mol. The predicted octanol–water partition coefficient (Wildman–Crippen LogP) is 6.01. The molecular formula is C15H22Cl2FN. The van der Waals surface area contributed by atoms with Gasteiger partial charge in [-0.3, -0.25) is 0 Å². The van der Waals surface area contributed by atoms with E-state index >= 15 is 0 Å². The zero-order chi connectivity index (χ0) is 14.6.